The van der Waals surface area contributed by atoms with Gasteiger partial charge in [-0.25, -0.2) is 0 Å². The smallest absolute Gasteiger partial charge is 0.0153 e. The summed E-state index contributed by atoms with van der Waals surface area (Å²) in [6.07, 6.45) is 8.15. The predicted octanol–water partition coefficient (Wildman–Crippen LogP) is 3.60. The molecule has 2 rings (SSSR count). The SMILES string of the molecule is CC1(NCCc2cccs2)CCCCC1. The fourth-order valence-corrected chi connectivity index (χ4v) is 3.16. The zero-order valence-electron chi connectivity index (χ0n) is 9.59. The van der Waals surface area contributed by atoms with E-state index in [-0.39, 0.29) is 0 Å². The number of rotatable bonds is 4. The van der Waals surface area contributed by atoms with Crippen LogP contribution in [0.15, 0.2) is 17.5 Å². The minimum atomic E-state index is 0.426. The van der Waals surface area contributed by atoms with Crippen LogP contribution < -0.4 is 5.32 Å². The highest BCUT2D eigenvalue weighted by molar-refractivity contribution is 7.09. The molecule has 0 unspecified atom stereocenters. The highest BCUT2D eigenvalue weighted by Gasteiger charge is 2.25. The van der Waals surface area contributed by atoms with Crippen LogP contribution in [0.4, 0.5) is 0 Å². The van der Waals surface area contributed by atoms with Crippen molar-refractivity contribution in [1.29, 1.82) is 0 Å². The molecule has 1 saturated carbocycles. The molecule has 15 heavy (non-hydrogen) atoms. The van der Waals surface area contributed by atoms with E-state index >= 15 is 0 Å². The Bertz CT molecular complexity index is 273. The van der Waals surface area contributed by atoms with E-state index in [9.17, 15) is 0 Å². The van der Waals surface area contributed by atoms with Crippen molar-refractivity contribution in [3.63, 3.8) is 0 Å². The van der Waals surface area contributed by atoms with E-state index in [1.165, 1.54) is 43.4 Å². The zero-order valence-corrected chi connectivity index (χ0v) is 10.4. The Balaban J connectivity index is 1.72. The maximum atomic E-state index is 3.74. The Kier molecular flexibility index (Phi) is 3.81. The van der Waals surface area contributed by atoms with Gasteiger partial charge in [0.1, 0.15) is 0 Å². The van der Waals surface area contributed by atoms with Crippen molar-refractivity contribution >= 4 is 11.3 Å². The highest BCUT2D eigenvalue weighted by atomic mass is 32.1. The van der Waals surface area contributed by atoms with Gasteiger partial charge in [0, 0.05) is 17.0 Å². The van der Waals surface area contributed by atoms with Gasteiger partial charge in [-0.3, -0.25) is 0 Å². The van der Waals surface area contributed by atoms with Gasteiger partial charge >= 0.3 is 0 Å². The summed E-state index contributed by atoms with van der Waals surface area (Å²) >= 11 is 1.87. The van der Waals surface area contributed by atoms with Crippen LogP contribution in [0.25, 0.3) is 0 Å². The maximum absolute atomic E-state index is 3.74. The van der Waals surface area contributed by atoms with Crippen molar-refractivity contribution < 1.29 is 0 Å². The number of hydrogen-bond donors (Lipinski definition) is 1. The van der Waals surface area contributed by atoms with E-state index in [1.807, 2.05) is 11.3 Å². The van der Waals surface area contributed by atoms with Gasteiger partial charge in [-0.2, -0.15) is 0 Å². The largest absolute Gasteiger partial charge is 0.311 e. The van der Waals surface area contributed by atoms with Crippen LogP contribution in [0.5, 0.6) is 0 Å². The lowest BCUT2D eigenvalue weighted by molar-refractivity contribution is 0.256. The van der Waals surface area contributed by atoms with Crippen molar-refractivity contribution in [3.8, 4) is 0 Å². The molecule has 1 nitrogen and oxygen atoms in total. The van der Waals surface area contributed by atoms with Gasteiger partial charge in [0.2, 0.25) is 0 Å². The van der Waals surface area contributed by atoms with Gasteiger partial charge < -0.3 is 5.32 Å². The van der Waals surface area contributed by atoms with Crippen LogP contribution in [-0.4, -0.2) is 12.1 Å². The summed E-state index contributed by atoms with van der Waals surface area (Å²) < 4.78 is 0. The monoisotopic (exact) mass is 223 g/mol. The van der Waals surface area contributed by atoms with Crippen molar-refractivity contribution in [2.45, 2.75) is 51.0 Å². The first-order valence-electron chi connectivity index (χ1n) is 6.06. The fourth-order valence-electron chi connectivity index (χ4n) is 2.45. The van der Waals surface area contributed by atoms with Crippen LogP contribution >= 0.6 is 11.3 Å². The Hall–Kier alpha value is -0.340. The average Bonchev–Trinajstić information content (AvgIpc) is 2.71. The Morgan fingerprint density at radius 3 is 2.80 bits per heavy atom. The first-order chi connectivity index (χ1) is 7.29. The lowest BCUT2D eigenvalue weighted by atomic mass is 9.83. The second-order valence-electron chi connectivity index (χ2n) is 4.88. The molecule has 0 amide bonds. The van der Waals surface area contributed by atoms with Gasteiger partial charge in [0.25, 0.3) is 0 Å². The standard InChI is InChI=1S/C13H21NS/c1-13(8-3-2-4-9-13)14-10-7-12-6-5-11-15-12/h5-6,11,14H,2-4,7-10H2,1H3. The molecule has 0 spiro atoms. The molecular weight excluding hydrogens is 202 g/mol. The predicted molar refractivity (Wildman–Crippen MR) is 67.5 cm³/mol. The number of thiophene rings is 1. The van der Waals surface area contributed by atoms with Gasteiger partial charge in [-0.05, 0) is 37.6 Å². The van der Waals surface area contributed by atoms with E-state index in [0.29, 0.717) is 5.54 Å². The van der Waals surface area contributed by atoms with Crippen molar-refractivity contribution in [3.05, 3.63) is 22.4 Å². The lowest BCUT2D eigenvalue weighted by Crippen LogP contribution is -2.44. The molecule has 0 bridgehead atoms. The summed E-state index contributed by atoms with van der Waals surface area (Å²) in [4.78, 5) is 1.50. The molecule has 0 aliphatic heterocycles. The molecule has 0 radical (unpaired) electrons. The van der Waals surface area contributed by atoms with Gasteiger partial charge in [-0.1, -0.05) is 25.3 Å². The van der Waals surface area contributed by atoms with E-state index in [2.05, 4.69) is 29.8 Å². The topological polar surface area (TPSA) is 12.0 Å². The Labute approximate surface area is 96.9 Å². The zero-order chi connectivity index (χ0) is 10.6. The molecule has 1 aliphatic rings. The third-order valence-corrected chi connectivity index (χ3v) is 4.40. The molecule has 0 saturated heterocycles. The molecular formula is C13H21NS. The first kappa shape index (κ1) is 11.2. The Morgan fingerprint density at radius 2 is 2.13 bits per heavy atom. The fraction of sp³-hybridized carbons (Fsp3) is 0.692. The van der Waals surface area contributed by atoms with Crippen LogP contribution in [0, 0.1) is 0 Å². The molecule has 1 aliphatic carbocycles. The third kappa shape index (κ3) is 3.32. The minimum absolute atomic E-state index is 0.426. The maximum Gasteiger partial charge on any atom is 0.0153 e. The average molecular weight is 223 g/mol. The third-order valence-electron chi connectivity index (χ3n) is 3.46. The second kappa shape index (κ2) is 5.13. The molecule has 1 fully saturated rings. The summed E-state index contributed by atoms with van der Waals surface area (Å²) in [6.45, 7) is 3.53. The molecule has 1 aromatic rings. The highest BCUT2D eigenvalue weighted by Crippen LogP contribution is 2.27. The van der Waals surface area contributed by atoms with E-state index < -0.39 is 0 Å². The van der Waals surface area contributed by atoms with Crippen molar-refractivity contribution in [2.75, 3.05) is 6.54 Å². The molecule has 1 aromatic heterocycles. The van der Waals surface area contributed by atoms with Gasteiger partial charge in [-0.15, -0.1) is 11.3 Å². The number of nitrogens with one attached hydrogen (secondary N) is 1. The van der Waals surface area contributed by atoms with Gasteiger partial charge in [0.15, 0.2) is 0 Å². The van der Waals surface area contributed by atoms with E-state index in [0.717, 1.165) is 6.54 Å². The summed E-state index contributed by atoms with van der Waals surface area (Å²) in [5, 5.41) is 5.91. The summed E-state index contributed by atoms with van der Waals surface area (Å²) in [5.41, 5.74) is 0.426. The summed E-state index contributed by atoms with van der Waals surface area (Å²) in [5.74, 6) is 0. The van der Waals surface area contributed by atoms with E-state index in [1.54, 1.807) is 0 Å². The van der Waals surface area contributed by atoms with Gasteiger partial charge in [0.05, 0.1) is 0 Å². The van der Waals surface area contributed by atoms with Crippen molar-refractivity contribution in [1.82, 2.24) is 5.32 Å². The second-order valence-corrected chi connectivity index (χ2v) is 5.91. The molecule has 2 heteroatoms. The summed E-state index contributed by atoms with van der Waals surface area (Å²) in [7, 11) is 0. The molecule has 84 valence electrons. The Morgan fingerprint density at radius 1 is 1.33 bits per heavy atom. The molecule has 0 aromatic carbocycles. The van der Waals surface area contributed by atoms with Crippen LogP contribution in [-0.2, 0) is 6.42 Å². The molecule has 1 heterocycles. The van der Waals surface area contributed by atoms with Crippen LogP contribution in [0.3, 0.4) is 0 Å². The number of hydrogen-bond acceptors (Lipinski definition) is 2. The molecule has 0 atom stereocenters. The quantitative estimate of drug-likeness (QED) is 0.822. The lowest BCUT2D eigenvalue weighted by Gasteiger charge is -2.34. The van der Waals surface area contributed by atoms with E-state index in [4.69, 9.17) is 0 Å². The van der Waals surface area contributed by atoms with Crippen molar-refractivity contribution in [2.24, 2.45) is 0 Å². The van der Waals surface area contributed by atoms with Crippen LogP contribution in [0.1, 0.15) is 43.9 Å². The van der Waals surface area contributed by atoms with Crippen LogP contribution in [0.2, 0.25) is 0 Å². The minimum Gasteiger partial charge on any atom is -0.311 e. The first-order valence-corrected chi connectivity index (χ1v) is 6.94. The molecule has 1 N–H and O–H groups in total. The normalized spacial score (nSPS) is 20.3. The summed E-state index contributed by atoms with van der Waals surface area (Å²) in [6, 6.07) is 4.37.